The quantitative estimate of drug-likeness (QED) is 0.193. The van der Waals surface area contributed by atoms with Crippen molar-refractivity contribution in [3.8, 4) is 0 Å². The molecule has 0 atom stereocenters. The van der Waals surface area contributed by atoms with Crippen LogP contribution in [0.5, 0.6) is 0 Å². The van der Waals surface area contributed by atoms with Crippen LogP contribution in [0.2, 0.25) is 0 Å². The average molecular weight is 361 g/mol. The summed E-state index contributed by atoms with van der Waals surface area (Å²) < 4.78 is 0. The number of fused-ring (bicyclic) bond motifs is 2. The Kier molecular flexibility index (Phi) is 7.45. The molecule has 1 heteroatoms. The maximum atomic E-state index is 11.8. The zero-order valence-corrected chi connectivity index (χ0v) is 16.7. The van der Waals surface area contributed by atoms with Crippen LogP contribution in [0, 0.1) is 0 Å². The first-order valence-electron chi connectivity index (χ1n) is 10.7. The molecule has 0 aliphatic heterocycles. The first-order valence-corrected chi connectivity index (χ1v) is 10.7. The molecule has 0 saturated carbocycles. The van der Waals surface area contributed by atoms with Crippen LogP contribution in [-0.4, -0.2) is 6.29 Å². The molecule has 27 heavy (non-hydrogen) atoms. The van der Waals surface area contributed by atoms with E-state index in [1.54, 1.807) is 0 Å². The lowest BCUT2D eigenvalue weighted by Gasteiger charge is -2.14. The smallest absolute Gasteiger partial charge is 0.151 e. The Morgan fingerprint density at radius 2 is 1.07 bits per heavy atom. The van der Waals surface area contributed by atoms with Gasteiger partial charge in [-0.1, -0.05) is 107 Å². The van der Waals surface area contributed by atoms with E-state index in [0.29, 0.717) is 0 Å². The Labute approximate surface area is 163 Å². The third kappa shape index (κ3) is 4.77. The van der Waals surface area contributed by atoms with Gasteiger partial charge in [0.1, 0.15) is 0 Å². The second-order valence-electron chi connectivity index (χ2n) is 7.68. The summed E-state index contributed by atoms with van der Waals surface area (Å²) in [5, 5.41) is 4.69. The Bertz CT molecular complexity index is 821. The number of rotatable bonds is 11. The van der Waals surface area contributed by atoms with Crippen molar-refractivity contribution in [2.75, 3.05) is 0 Å². The van der Waals surface area contributed by atoms with Crippen molar-refractivity contribution in [2.45, 2.75) is 71.1 Å². The minimum Gasteiger partial charge on any atom is -0.298 e. The summed E-state index contributed by atoms with van der Waals surface area (Å²) in [5.74, 6) is 0. The third-order valence-electron chi connectivity index (χ3n) is 5.73. The molecule has 0 amide bonds. The number of unbranched alkanes of at least 4 members (excludes halogenated alkanes) is 8. The van der Waals surface area contributed by atoms with Gasteiger partial charge in [0.15, 0.2) is 6.29 Å². The minimum atomic E-state index is 0.831. The number of hydrogen-bond acceptors (Lipinski definition) is 1. The Morgan fingerprint density at radius 1 is 0.630 bits per heavy atom. The maximum absolute atomic E-state index is 11.8. The van der Waals surface area contributed by atoms with Gasteiger partial charge in [-0.25, -0.2) is 0 Å². The fourth-order valence-electron chi connectivity index (χ4n) is 4.26. The SMILES string of the molecule is CCCCCCCCCCCc1c2ccccc2c(C=O)c2ccccc12. The molecule has 0 bridgehead atoms. The lowest BCUT2D eigenvalue weighted by molar-refractivity contribution is 0.112. The normalized spacial score (nSPS) is 11.3. The number of hydrogen-bond donors (Lipinski definition) is 0. The van der Waals surface area contributed by atoms with Crippen molar-refractivity contribution in [3.05, 3.63) is 59.7 Å². The molecule has 0 aromatic heterocycles. The lowest BCUT2D eigenvalue weighted by Crippen LogP contribution is -1.95. The molecule has 0 fully saturated rings. The van der Waals surface area contributed by atoms with Crippen molar-refractivity contribution in [2.24, 2.45) is 0 Å². The van der Waals surface area contributed by atoms with Gasteiger partial charge in [0.25, 0.3) is 0 Å². The van der Waals surface area contributed by atoms with Crippen LogP contribution in [-0.2, 0) is 6.42 Å². The van der Waals surface area contributed by atoms with Gasteiger partial charge in [0.05, 0.1) is 0 Å². The van der Waals surface area contributed by atoms with E-state index >= 15 is 0 Å². The Balaban J connectivity index is 1.70. The van der Waals surface area contributed by atoms with Gasteiger partial charge < -0.3 is 0 Å². The minimum absolute atomic E-state index is 0.831. The first kappa shape index (κ1) is 19.6. The van der Waals surface area contributed by atoms with E-state index in [-0.39, 0.29) is 0 Å². The topological polar surface area (TPSA) is 17.1 Å². The van der Waals surface area contributed by atoms with Crippen molar-refractivity contribution in [1.82, 2.24) is 0 Å². The highest BCUT2D eigenvalue weighted by Crippen LogP contribution is 2.33. The van der Waals surface area contributed by atoms with Crippen LogP contribution in [0.25, 0.3) is 21.5 Å². The molecule has 0 unspecified atom stereocenters. The molecule has 142 valence electrons. The highest BCUT2D eigenvalue weighted by Gasteiger charge is 2.12. The van der Waals surface area contributed by atoms with Gasteiger partial charge in [-0.05, 0) is 39.9 Å². The number of carbonyl (C=O) groups is 1. The standard InChI is InChI=1S/C26H32O/c1-2-3-4-5-6-7-8-9-10-15-21-22-16-11-13-18-24(22)26(20-27)25-19-14-12-17-23(21)25/h11-14,16-20H,2-10,15H2,1H3. The van der Waals surface area contributed by atoms with Crippen molar-refractivity contribution >= 4 is 27.8 Å². The molecule has 0 aliphatic rings. The van der Waals surface area contributed by atoms with E-state index in [0.717, 1.165) is 29.0 Å². The van der Waals surface area contributed by atoms with Crippen LogP contribution < -0.4 is 0 Å². The van der Waals surface area contributed by atoms with Crippen molar-refractivity contribution in [3.63, 3.8) is 0 Å². The van der Waals surface area contributed by atoms with E-state index in [4.69, 9.17) is 0 Å². The number of aryl methyl sites for hydroxylation is 1. The number of benzene rings is 3. The van der Waals surface area contributed by atoms with Gasteiger partial charge in [-0.15, -0.1) is 0 Å². The van der Waals surface area contributed by atoms with Crippen LogP contribution >= 0.6 is 0 Å². The molecule has 3 aromatic carbocycles. The average Bonchev–Trinajstić information content (AvgIpc) is 2.72. The molecule has 1 nitrogen and oxygen atoms in total. The van der Waals surface area contributed by atoms with Gasteiger partial charge in [-0.2, -0.15) is 0 Å². The molecule has 3 rings (SSSR count). The zero-order chi connectivity index (χ0) is 18.9. The highest BCUT2D eigenvalue weighted by molar-refractivity contribution is 6.14. The molecule has 0 radical (unpaired) electrons. The van der Waals surface area contributed by atoms with Gasteiger partial charge in [0, 0.05) is 5.56 Å². The zero-order valence-electron chi connectivity index (χ0n) is 16.7. The van der Waals surface area contributed by atoms with Crippen LogP contribution in [0.3, 0.4) is 0 Å². The number of carbonyl (C=O) groups excluding carboxylic acids is 1. The summed E-state index contributed by atoms with van der Waals surface area (Å²) >= 11 is 0. The third-order valence-corrected chi connectivity index (χ3v) is 5.73. The first-order chi connectivity index (χ1) is 13.4. The Hall–Kier alpha value is -2.15. The predicted octanol–water partition coefficient (Wildman–Crippen LogP) is 7.88. The highest BCUT2D eigenvalue weighted by atomic mass is 16.1. The second kappa shape index (κ2) is 10.3. The van der Waals surface area contributed by atoms with Crippen molar-refractivity contribution < 1.29 is 4.79 Å². The Morgan fingerprint density at radius 3 is 1.56 bits per heavy atom. The summed E-state index contributed by atoms with van der Waals surface area (Å²) in [5.41, 5.74) is 2.24. The summed E-state index contributed by atoms with van der Waals surface area (Å²) in [7, 11) is 0. The molecule has 0 saturated heterocycles. The van der Waals surface area contributed by atoms with E-state index < -0.39 is 0 Å². The summed E-state index contributed by atoms with van der Waals surface area (Å²) in [6.07, 6.45) is 14.2. The van der Waals surface area contributed by atoms with Crippen molar-refractivity contribution in [1.29, 1.82) is 0 Å². The summed E-state index contributed by atoms with van der Waals surface area (Å²) in [6.45, 7) is 2.27. The molecule has 3 aromatic rings. The molecule has 0 spiro atoms. The fourth-order valence-corrected chi connectivity index (χ4v) is 4.26. The van der Waals surface area contributed by atoms with Crippen LogP contribution in [0.15, 0.2) is 48.5 Å². The molecule has 0 heterocycles. The fraction of sp³-hybridized carbons (Fsp3) is 0.423. The molecular formula is C26H32O. The summed E-state index contributed by atoms with van der Waals surface area (Å²) in [4.78, 5) is 11.8. The lowest BCUT2D eigenvalue weighted by atomic mass is 9.89. The monoisotopic (exact) mass is 360 g/mol. The second-order valence-corrected chi connectivity index (χ2v) is 7.68. The molecule has 0 N–H and O–H groups in total. The van der Waals surface area contributed by atoms with Gasteiger partial charge in [-0.3, -0.25) is 4.79 Å². The van der Waals surface area contributed by atoms with E-state index in [1.807, 2.05) is 12.1 Å². The van der Waals surface area contributed by atoms with E-state index in [2.05, 4.69) is 43.3 Å². The summed E-state index contributed by atoms with van der Waals surface area (Å²) in [6, 6.07) is 16.8. The van der Waals surface area contributed by atoms with E-state index in [1.165, 1.54) is 74.1 Å². The molecule has 0 aliphatic carbocycles. The van der Waals surface area contributed by atoms with E-state index in [9.17, 15) is 4.79 Å². The largest absolute Gasteiger partial charge is 0.298 e. The predicted molar refractivity (Wildman–Crippen MR) is 118 cm³/mol. The van der Waals surface area contributed by atoms with Crippen LogP contribution in [0.1, 0.15) is 80.6 Å². The number of aldehydes is 1. The van der Waals surface area contributed by atoms with Crippen LogP contribution in [0.4, 0.5) is 0 Å². The van der Waals surface area contributed by atoms with Gasteiger partial charge in [0.2, 0.25) is 0 Å². The maximum Gasteiger partial charge on any atom is 0.151 e. The molecular weight excluding hydrogens is 328 g/mol. The van der Waals surface area contributed by atoms with Gasteiger partial charge >= 0.3 is 0 Å².